The molecule has 4 heteroatoms. The van der Waals surface area contributed by atoms with Gasteiger partial charge >= 0.3 is 0 Å². The van der Waals surface area contributed by atoms with Gasteiger partial charge in [-0.3, -0.25) is 0 Å². The fraction of sp³-hybridized carbons (Fsp3) is 0.375. The summed E-state index contributed by atoms with van der Waals surface area (Å²) < 4.78 is 11.1. The van der Waals surface area contributed by atoms with Crippen molar-refractivity contribution in [1.29, 1.82) is 0 Å². The van der Waals surface area contributed by atoms with Crippen molar-refractivity contribution in [2.45, 2.75) is 38.6 Å². The minimum atomic E-state index is 0.467. The predicted octanol–water partition coefficient (Wildman–Crippen LogP) is 3.90. The van der Waals surface area contributed by atoms with Crippen molar-refractivity contribution in [3.8, 4) is 0 Å². The molecule has 3 nitrogen and oxygen atoms in total. The minimum absolute atomic E-state index is 0.467. The van der Waals surface area contributed by atoms with Crippen molar-refractivity contribution in [2.75, 3.05) is 0 Å². The summed E-state index contributed by atoms with van der Waals surface area (Å²) in [6.07, 6.45) is 4.39. The maximum absolute atomic E-state index is 6.08. The van der Waals surface area contributed by atoms with Crippen LogP contribution in [-0.4, -0.2) is 6.04 Å². The van der Waals surface area contributed by atoms with Gasteiger partial charge in [0.1, 0.15) is 12.4 Å². The van der Waals surface area contributed by atoms with E-state index in [1.165, 1.54) is 18.4 Å². The highest BCUT2D eigenvalue weighted by Gasteiger charge is 2.20. The predicted molar refractivity (Wildman–Crippen MR) is 78.5 cm³/mol. The van der Waals surface area contributed by atoms with Gasteiger partial charge in [0.15, 0.2) is 0 Å². The van der Waals surface area contributed by atoms with Gasteiger partial charge in [0.25, 0.3) is 0 Å². The molecular formula is C16H18ClNO2. The smallest absolute Gasteiger partial charge is 0.129 e. The molecule has 1 N–H and O–H groups in total. The van der Waals surface area contributed by atoms with E-state index >= 15 is 0 Å². The van der Waals surface area contributed by atoms with Crippen LogP contribution in [0.15, 0.2) is 41.0 Å². The van der Waals surface area contributed by atoms with Crippen molar-refractivity contribution < 1.29 is 9.15 Å². The highest BCUT2D eigenvalue weighted by atomic mass is 35.5. The van der Waals surface area contributed by atoms with Gasteiger partial charge in [-0.2, -0.15) is 0 Å². The van der Waals surface area contributed by atoms with Crippen molar-refractivity contribution in [3.05, 3.63) is 58.5 Å². The number of rotatable bonds is 7. The van der Waals surface area contributed by atoms with E-state index in [1.807, 2.05) is 30.3 Å². The molecule has 1 heterocycles. The van der Waals surface area contributed by atoms with Gasteiger partial charge in [-0.15, -0.1) is 0 Å². The quantitative estimate of drug-likeness (QED) is 0.840. The zero-order valence-electron chi connectivity index (χ0n) is 11.3. The lowest BCUT2D eigenvalue weighted by Gasteiger charge is -2.04. The Morgan fingerprint density at radius 1 is 1.25 bits per heavy atom. The molecule has 3 rings (SSSR count). The Morgan fingerprint density at radius 2 is 2.10 bits per heavy atom. The normalized spacial score (nSPS) is 14.7. The van der Waals surface area contributed by atoms with Crippen LogP contribution in [0.3, 0.4) is 0 Å². The lowest BCUT2D eigenvalue weighted by atomic mass is 10.2. The first kappa shape index (κ1) is 13.7. The molecule has 0 aliphatic heterocycles. The van der Waals surface area contributed by atoms with E-state index in [-0.39, 0.29) is 0 Å². The van der Waals surface area contributed by atoms with Crippen LogP contribution in [0.2, 0.25) is 5.02 Å². The average Bonchev–Trinajstić information content (AvgIpc) is 3.18. The molecule has 0 radical (unpaired) electrons. The first-order valence-electron chi connectivity index (χ1n) is 6.92. The van der Waals surface area contributed by atoms with Crippen molar-refractivity contribution >= 4 is 11.6 Å². The second-order valence-corrected chi connectivity index (χ2v) is 5.57. The van der Waals surface area contributed by atoms with Crippen LogP contribution in [0.1, 0.15) is 29.7 Å². The first-order valence-corrected chi connectivity index (χ1v) is 7.30. The Kier molecular flexibility index (Phi) is 4.41. The van der Waals surface area contributed by atoms with E-state index in [0.29, 0.717) is 19.3 Å². The molecule has 1 fully saturated rings. The number of ether oxygens (including phenoxy) is 1. The van der Waals surface area contributed by atoms with Crippen LogP contribution in [0.4, 0.5) is 0 Å². The number of nitrogens with one attached hydrogen (secondary N) is 1. The van der Waals surface area contributed by atoms with Crippen LogP contribution < -0.4 is 5.32 Å². The third kappa shape index (κ3) is 3.85. The number of hydrogen-bond acceptors (Lipinski definition) is 3. The number of halogens is 1. The Morgan fingerprint density at radius 3 is 2.90 bits per heavy atom. The molecule has 2 aromatic rings. The van der Waals surface area contributed by atoms with Gasteiger partial charge in [-0.05, 0) is 30.5 Å². The zero-order chi connectivity index (χ0) is 13.8. The summed E-state index contributed by atoms with van der Waals surface area (Å²) in [6.45, 7) is 1.84. The second kappa shape index (κ2) is 6.44. The summed E-state index contributed by atoms with van der Waals surface area (Å²) in [4.78, 5) is 0. The Balaban J connectivity index is 1.45. The molecule has 1 aromatic heterocycles. The number of benzene rings is 1. The highest BCUT2D eigenvalue weighted by molar-refractivity contribution is 6.31. The summed E-state index contributed by atoms with van der Waals surface area (Å²) >= 11 is 6.08. The van der Waals surface area contributed by atoms with Crippen molar-refractivity contribution in [3.63, 3.8) is 0 Å². The van der Waals surface area contributed by atoms with E-state index in [4.69, 9.17) is 20.8 Å². The van der Waals surface area contributed by atoms with Crippen LogP contribution in [-0.2, 0) is 24.5 Å². The van der Waals surface area contributed by atoms with Gasteiger partial charge in [0.2, 0.25) is 0 Å². The molecule has 0 saturated heterocycles. The van der Waals surface area contributed by atoms with E-state index in [9.17, 15) is 0 Å². The van der Waals surface area contributed by atoms with Crippen LogP contribution in [0.25, 0.3) is 0 Å². The molecule has 1 aliphatic rings. The molecule has 0 atom stereocenters. The molecule has 0 spiro atoms. The summed E-state index contributed by atoms with van der Waals surface area (Å²) in [5, 5.41) is 4.19. The Hall–Kier alpha value is -1.29. The van der Waals surface area contributed by atoms with Gasteiger partial charge < -0.3 is 14.5 Å². The fourth-order valence-corrected chi connectivity index (χ4v) is 2.21. The van der Waals surface area contributed by atoms with Crippen LogP contribution in [0, 0.1) is 0 Å². The van der Waals surface area contributed by atoms with E-state index in [1.54, 1.807) is 6.26 Å². The first-order chi connectivity index (χ1) is 9.81. The monoisotopic (exact) mass is 291 g/mol. The lowest BCUT2D eigenvalue weighted by molar-refractivity contribution is 0.0930. The van der Waals surface area contributed by atoms with E-state index in [2.05, 4.69) is 5.32 Å². The average molecular weight is 292 g/mol. The lowest BCUT2D eigenvalue weighted by Crippen LogP contribution is -2.14. The molecule has 0 bridgehead atoms. The second-order valence-electron chi connectivity index (χ2n) is 5.16. The van der Waals surface area contributed by atoms with Gasteiger partial charge in [-0.1, -0.05) is 29.8 Å². The largest absolute Gasteiger partial charge is 0.467 e. The summed E-state index contributed by atoms with van der Waals surface area (Å²) in [6, 6.07) is 10.5. The standard InChI is InChI=1S/C16H18ClNO2/c17-16-4-2-1-3-13(16)10-19-11-15-7-12(9-20-15)8-18-14-5-6-14/h1-4,7,9,14,18H,5-6,8,10-11H2. The zero-order valence-corrected chi connectivity index (χ0v) is 12.0. The summed E-state index contributed by atoms with van der Waals surface area (Å²) in [5.41, 5.74) is 2.17. The van der Waals surface area contributed by atoms with Gasteiger partial charge in [0, 0.05) is 23.2 Å². The third-order valence-electron chi connectivity index (χ3n) is 3.34. The number of furan rings is 1. The fourth-order valence-electron chi connectivity index (χ4n) is 2.02. The maximum atomic E-state index is 6.08. The molecule has 20 heavy (non-hydrogen) atoms. The molecular weight excluding hydrogens is 274 g/mol. The van der Waals surface area contributed by atoms with Gasteiger partial charge in [0.05, 0.1) is 12.9 Å². The summed E-state index contributed by atoms with van der Waals surface area (Å²) in [7, 11) is 0. The van der Waals surface area contributed by atoms with E-state index < -0.39 is 0 Å². The SMILES string of the molecule is Clc1ccccc1COCc1cc(CNC2CC2)co1. The van der Waals surface area contributed by atoms with E-state index in [0.717, 1.165) is 22.9 Å². The van der Waals surface area contributed by atoms with Gasteiger partial charge in [-0.25, -0.2) is 0 Å². The molecule has 1 saturated carbocycles. The Labute approximate surface area is 123 Å². The molecule has 0 unspecified atom stereocenters. The molecule has 0 amide bonds. The summed E-state index contributed by atoms with van der Waals surface area (Å²) in [5.74, 6) is 0.852. The molecule has 1 aromatic carbocycles. The van der Waals surface area contributed by atoms with Crippen molar-refractivity contribution in [2.24, 2.45) is 0 Å². The van der Waals surface area contributed by atoms with Crippen LogP contribution >= 0.6 is 11.6 Å². The topological polar surface area (TPSA) is 34.4 Å². The highest BCUT2D eigenvalue weighted by Crippen LogP contribution is 2.20. The molecule has 1 aliphatic carbocycles. The van der Waals surface area contributed by atoms with Crippen molar-refractivity contribution in [1.82, 2.24) is 5.32 Å². The Bertz CT molecular complexity index is 563. The third-order valence-corrected chi connectivity index (χ3v) is 3.71. The maximum Gasteiger partial charge on any atom is 0.129 e. The molecule has 106 valence electrons. The minimum Gasteiger partial charge on any atom is -0.467 e. The number of hydrogen-bond donors (Lipinski definition) is 1. The van der Waals surface area contributed by atoms with Crippen LogP contribution in [0.5, 0.6) is 0 Å².